The van der Waals surface area contributed by atoms with E-state index in [0.29, 0.717) is 19.4 Å². The number of carbonyl (C=O) groups is 1. The first kappa shape index (κ1) is 18.1. The number of benzene rings is 1. The number of nitrogens with one attached hydrogen (secondary N) is 1. The number of pyridine rings is 1. The van der Waals surface area contributed by atoms with E-state index in [-0.39, 0.29) is 18.4 Å². The molecule has 24 heavy (non-hydrogen) atoms. The van der Waals surface area contributed by atoms with Crippen LogP contribution >= 0.6 is 0 Å². The summed E-state index contributed by atoms with van der Waals surface area (Å²) in [6, 6.07) is 12.0. The van der Waals surface area contributed by atoms with Gasteiger partial charge in [-0.3, -0.25) is 9.78 Å². The molecule has 1 amide bonds. The van der Waals surface area contributed by atoms with Gasteiger partial charge in [0.05, 0.1) is 0 Å². The first-order chi connectivity index (χ1) is 11.6. The van der Waals surface area contributed by atoms with Crippen molar-refractivity contribution in [1.29, 1.82) is 0 Å². The maximum Gasteiger partial charge on any atom is 0.220 e. The van der Waals surface area contributed by atoms with E-state index in [1.807, 2.05) is 18.2 Å². The Bertz CT molecular complexity index is 656. The lowest BCUT2D eigenvalue weighted by atomic mass is 10.0. The van der Waals surface area contributed by atoms with Crippen LogP contribution in [0.5, 0.6) is 0 Å². The Hall–Kier alpha value is -2.20. The van der Waals surface area contributed by atoms with Gasteiger partial charge in [0, 0.05) is 37.4 Å². The molecule has 0 bridgehead atoms. The van der Waals surface area contributed by atoms with Crippen LogP contribution < -0.4 is 5.32 Å². The lowest BCUT2D eigenvalue weighted by Crippen LogP contribution is -2.32. The number of aromatic nitrogens is 1. The second-order valence-electron chi connectivity index (χ2n) is 6.31. The maximum atomic E-state index is 12.1. The number of aliphatic hydroxyl groups is 1. The molecule has 0 radical (unpaired) electrons. The highest BCUT2D eigenvalue weighted by atomic mass is 16.3. The number of aliphatic hydroxyl groups excluding tert-OH is 1. The number of amides is 1. The number of nitrogens with zero attached hydrogens (tertiary/aromatic N) is 1. The van der Waals surface area contributed by atoms with Crippen LogP contribution in [0.1, 0.15) is 28.8 Å². The van der Waals surface area contributed by atoms with E-state index in [4.69, 9.17) is 0 Å². The summed E-state index contributed by atoms with van der Waals surface area (Å²) < 4.78 is 0. The van der Waals surface area contributed by atoms with Gasteiger partial charge >= 0.3 is 0 Å². The van der Waals surface area contributed by atoms with Crippen molar-refractivity contribution >= 4 is 5.91 Å². The molecule has 1 aromatic heterocycles. The van der Waals surface area contributed by atoms with Gasteiger partial charge in [-0.2, -0.15) is 0 Å². The lowest BCUT2D eigenvalue weighted by Gasteiger charge is -2.15. The standard InChI is InChI=1S/C20H26N2O2/c1-15-6-7-18(16(2)11-15)8-9-20(24)22-13-17(14-23)12-19-5-3-4-10-21-19/h3-7,10-11,17,23H,8-9,12-14H2,1-2H3,(H,22,24). The summed E-state index contributed by atoms with van der Waals surface area (Å²) in [4.78, 5) is 16.3. The Balaban J connectivity index is 1.77. The predicted molar refractivity (Wildman–Crippen MR) is 95.8 cm³/mol. The van der Waals surface area contributed by atoms with Crippen molar-refractivity contribution in [3.8, 4) is 0 Å². The molecule has 0 saturated heterocycles. The highest BCUT2D eigenvalue weighted by Crippen LogP contribution is 2.12. The van der Waals surface area contributed by atoms with Crippen LogP contribution in [0.3, 0.4) is 0 Å². The molecule has 1 aromatic carbocycles. The minimum Gasteiger partial charge on any atom is -0.396 e. The van der Waals surface area contributed by atoms with Gasteiger partial charge < -0.3 is 10.4 Å². The van der Waals surface area contributed by atoms with Gasteiger partial charge in [0.15, 0.2) is 0 Å². The van der Waals surface area contributed by atoms with Gasteiger partial charge in [-0.25, -0.2) is 0 Å². The molecule has 4 heteroatoms. The highest BCUT2D eigenvalue weighted by Gasteiger charge is 2.11. The van der Waals surface area contributed by atoms with Crippen molar-refractivity contribution in [3.63, 3.8) is 0 Å². The molecule has 2 N–H and O–H groups in total. The normalized spacial score (nSPS) is 12.0. The monoisotopic (exact) mass is 326 g/mol. The molecule has 0 aliphatic heterocycles. The van der Waals surface area contributed by atoms with Gasteiger partial charge in [0.1, 0.15) is 0 Å². The first-order valence-corrected chi connectivity index (χ1v) is 8.42. The maximum absolute atomic E-state index is 12.1. The molecule has 0 aliphatic rings. The quantitative estimate of drug-likeness (QED) is 0.784. The Kier molecular flexibility index (Phi) is 6.94. The molecule has 1 atom stereocenters. The molecule has 2 aromatic rings. The minimum atomic E-state index is -0.00930. The summed E-state index contributed by atoms with van der Waals surface area (Å²) in [5.74, 6) is 0.0133. The van der Waals surface area contributed by atoms with Crippen LogP contribution in [0.15, 0.2) is 42.6 Å². The Morgan fingerprint density at radius 1 is 1.25 bits per heavy atom. The Morgan fingerprint density at radius 3 is 2.75 bits per heavy atom. The zero-order valence-electron chi connectivity index (χ0n) is 14.5. The van der Waals surface area contributed by atoms with E-state index in [1.54, 1.807) is 6.20 Å². The molecule has 0 aliphatic carbocycles. The van der Waals surface area contributed by atoms with Crippen molar-refractivity contribution in [2.45, 2.75) is 33.1 Å². The van der Waals surface area contributed by atoms with Crippen LogP contribution in [0.25, 0.3) is 0 Å². The number of carbonyl (C=O) groups excluding carboxylic acids is 1. The van der Waals surface area contributed by atoms with Crippen LogP contribution in [0, 0.1) is 19.8 Å². The molecule has 1 unspecified atom stereocenters. The topological polar surface area (TPSA) is 62.2 Å². The minimum absolute atomic E-state index is 0.00930. The Labute approximate surface area is 143 Å². The molecular formula is C20H26N2O2. The lowest BCUT2D eigenvalue weighted by molar-refractivity contribution is -0.121. The van der Waals surface area contributed by atoms with Crippen molar-refractivity contribution in [1.82, 2.24) is 10.3 Å². The first-order valence-electron chi connectivity index (χ1n) is 8.42. The van der Waals surface area contributed by atoms with Crippen LogP contribution in [0.4, 0.5) is 0 Å². The van der Waals surface area contributed by atoms with E-state index in [1.165, 1.54) is 16.7 Å². The van der Waals surface area contributed by atoms with Crippen molar-refractivity contribution in [3.05, 3.63) is 65.0 Å². The van der Waals surface area contributed by atoms with E-state index < -0.39 is 0 Å². The second-order valence-corrected chi connectivity index (χ2v) is 6.31. The van der Waals surface area contributed by atoms with Crippen LogP contribution in [0.2, 0.25) is 0 Å². The molecule has 0 saturated carbocycles. The number of aryl methyl sites for hydroxylation is 3. The highest BCUT2D eigenvalue weighted by molar-refractivity contribution is 5.76. The summed E-state index contributed by atoms with van der Waals surface area (Å²) in [6.45, 7) is 4.65. The molecule has 4 nitrogen and oxygen atoms in total. The van der Waals surface area contributed by atoms with Gasteiger partial charge in [-0.05, 0) is 49.9 Å². The average Bonchev–Trinajstić information content (AvgIpc) is 2.58. The summed E-state index contributed by atoms with van der Waals surface area (Å²) in [7, 11) is 0. The van der Waals surface area contributed by atoms with E-state index in [2.05, 4.69) is 42.3 Å². The molecule has 2 rings (SSSR count). The third-order valence-electron chi connectivity index (χ3n) is 4.19. The second kappa shape index (κ2) is 9.18. The third kappa shape index (κ3) is 5.78. The van der Waals surface area contributed by atoms with Gasteiger partial charge in [-0.1, -0.05) is 29.8 Å². The fraction of sp³-hybridized carbons (Fsp3) is 0.400. The molecule has 0 spiro atoms. The zero-order chi connectivity index (χ0) is 17.4. The average molecular weight is 326 g/mol. The fourth-order valence-corrected chi connectivity index (χ4v) is 2.74. The van der Waals surface area contributed by atoms with Gasteiger partial charge in [-0.15, -0.1) is 0 Å². The van der Waals surface area contributed by atoms with Gasteiger partial charge in [0.2, 0.25) is 5.91 Å². The van der Waals surface area contributed by atoms with Crippen molar-refractivity contribution in [2.75, 3.05) is 13.2 Å². The zero-order valence-corrected chi connectivity index (χ0v) is 14.5. The summed E-state index contributed by atoms with van der Waals surface area (Å²) in [5, 5.41) is 12.4. The molecule has 1 heterocycles. The molecular weight excluding hydrogens is 300 g/mol. The Morgan fingerprint density at radius 2 is 2.08 bits per heavy atom. The smallest absolute Gasteiger partial charge is 0.220 e. The number of hydrogen-bond acceptors (Lipinski definition) is 3. The summed E-state index contributed by atoms with van der Waals surface area (Å²) >= 11 is 0. The fourth-order valence-electron chi connectivity index (χ4n) is 2.74. The number of rotatable bonds is 8. The molecule has 128 valence electrons. The SMILES string of the molecule is Cc1ccc(CCC(=O)NCC(CO)Cc2ccccn2)c(C)c1. The summed E-state index contributed by atoms with van der Waals surface area (Å²) in [5.41, 5.74) is 4.61. The third-order valence-corrected chi connectivity index (χ3v) is 4.19. The predicted octanol–water partition coefficient (Wildman–Crippen LogP) is 2.60. The summed E-state index contributed by atoms with van der Waals surface area (Å²) in [6.07, 6.45) is 3.61. The van der Waals surface area contributed by atoms with Crippen molar-refractivity contribution < 1.29 is 9.90 Å². The number of hydrogen-bond donors (Lipinski definition) is 2. The van der Waals surface area contributed by atoms with E-state index in [9.17, 15) is 9.90 Å². The van der Waals surface area contributed by atoms with Crippen molar-refractivity contribution in [2.24, 2.45) is 5.92 Å². The van der Waals surface area contributed by atoms with E-state index in [0.717, 1.165) is 12.1 Å². The van der Waals surface area contributed by atoms with Gasteiger partial charge in [0.25, 0.3) is 0 Å². The van der Waals surface area contributed by atoms with Crippen LogP contribution in [-0.4, -0.2) is 29.1 Å². The molecule has 0 fully saturated rings. The largest absolute Gasteiger partial charge is 0.396 e. The van der Waals surface area contributed by atoms with E-state index >= 15 is 0 Å². The van der Waals surface area contributed by atoms with Crippen LogP contribution in [-0.2, 0) is 17.6 Å².